The quantitative estimate of drug-likeness (QED) is 0.718. The molecule has 1 aromatic carbocycles. The fourth-order valence-corrected chi connectivity index (χ4v) is 2.63. The minimum atomic E-state index is -1.16. The lowest BCUT2D eigenvalue weighted by atomic mass is 9.81. The van der Waals surface area contributed by atoms with Crippen LogP contribution in [0, 0.1) is 5.82 Å². The van der Waals surface area contributed by atoms with E-state index in [0.717, 1.165) is 0 Å². The van der Waals surface area contributed by atoms with Gasteiger partial charge in [-0.3, -0.25) is 0 Å². The fraction of sp³-hybridized carbons (Fsp3) is 0.556. The molecular weight excluding hydrogens is 329 g/mol. The normalized spacial score (nSPS) is 19.8. The summed E-state index contributed by atoms with van der Waals surface area (Å²) >= 11 is 0. The maximum Gasteiger partial charge on any atom is 0.525 e. The molecular formula is C18H25BF2O4. The van der Waals surface area contributed by atoms with Crippen LogP contribution in [0.5, 0.6) is 5.75 Å². The van der Waals surface area contributed by atoms with Crippen molar-refractivity contribution in [3.8, 4) is 5.75 Å². The van der Waals surface area contributed by atoms with Gasteiger partial charge in [0.2, 0.25) is 0 Å². The molecule has 4 nitrogen and oxygen atoms in total. The van der Waals surface area contributed by atoms with Gasteiger partial charge in [-0.1, -0.05) is 12.1 Å². The van der Waals surface area contributed by atoms with E-state index in [1.807, 2.05) is 27.7 Å². The maximum absolute atomic E-state index is 15.3. The van der Waals surface area contributed by atoms with Gasteiger partial charge in [-0.25, -0.2) is 8.78 Å². The van der Waals surface area contributed by atoms with Gasteiger partial charge in [-0.15, -0.1) is 0 Å². The number of halogens is 2. The molecule has 0 radical (unpaired) electrons. The average Bonchev–Trinajstić information content (AvgIpc) is 2.75. The molecule has 0 N–H and O–H groups in total. The summed E-state index contributed by atoms with van der Waals surface area (Å²) in [5, 5.41) is 0. The third-order valence-corrected chi connectivity index (χ3v) is 4.80. The second-order valence-electron chi connectivity index (χ2n) is 6.98. The smallest absolute Gasteiger partial charge is 0.493 e. The number of rotatable bonds is 6. The lowest BCUT2D eigenvalue weighted by molar-refractivity contribution is 0.00578. The number of ether oxygens (including phenoxy) is 2. The maximum atomic E-state index is 15.3. The van der Waals surface area contributed by atoms with Crippen molar-refractivity contribution in [1.82, 2.24) is 0 Å². The Kier molecular flexibility index (Phi) is 5.91. The van der Waals surface area contributed by atoms with Crippen LogP contribution in [-0.2, 0) is 14.0 Å². The van der Waals surface area contributed by atoms with Gasteiger partial charge in [0.1, 0.15) is 5.73 Å². The third-order valence-electron chi connectivity index (χ3n) is 4.80. The molecule has 1 fully saturated rings. The lowest BCUT2D eigenvalue weighted by Crippen LogP contribution is -2.41. The van der Waals surface area contributed by atoms with Crippen LogP contribution in [0.15, 0.2) is 23.9 Å². The van der Waals surface area contributed by atoms with Crippen molar-refractivity contribution >= 4 is 12.7 Å². The van der Waals surface area contributed by atoms with Crippen molar-refractivity contribution in [3.63, 3.8) is 0 Å². The van der Waals surface area contributed by atoms with Gasteiger partial charge in [0.25, 0.3) is 0 Å². The minimum Gasteiger partial charge on any atom is -0.493 e. The molecule has 1 saturated heterocycles. The Morgan fingerprint density at radius 2 is 1.72 bits per heavy atom. The molecule has 1 aliphatic rings. The van der Waals surface area contributed by atoms with E-state index in [-0.39, 0.29) is 24.4 Å². The third kappa shape index (κ3) is 3.88. The molecule has 0 spiro atoms. The monoisotopic (exact) mass is 354 g/mol. The molecule has 0 unspecified atom stereocenters. The average molecular weight is 354 g/mol. The van der Waals surface area contributed by atoms with Crippen LogP contribution in [0.4, 0.5) is 8.78 Å². The second kappa shape index (κ2) is 7.44. The van der Waals surface area contributed by atoms with E-state index in [1.165, 1.54) is 26.4 Å². The number of hydrogen-bond donors (Lipinski definition) is 0. The number of para-hydroxylation sites is 1. The van der Waals surface area contributed by atoms with Gasteiger partial charge in [0.05, 0.1) is 24.9 Å². The molecule has 0 bridgehead atoms. The van der Waals surface area contributed by atoms with Crippen molar-refractivity contribution in [2.24, 2.45) is 0 Å². The topological polar surface area (TPSA) is 36.9 Å². The molecule has 1 heterocycles. The summed E-state index contributed by atoms with van der Waals surface area (Å²) in [6.45, 7) is 7.65. The standard InChI is InChI=1S/C18H25BF2O4/c1-17(2)18(3,4)25-19(24-17)16(21)13(10-11-22-5)12-8-7-9-14(20)15(12)23-6/h7-9H,10-11H2,1-6H3. The second-order valence-corrected chi connectivity index (χ2v) is 6.98. The van der Waals surface area contributed by atoms with E-state index in [0.29, 0.717) is 5.56 Å². The molecule has 0 aromatic heterocycles. The Balaban J connectivity index is 2.50. The van der Waals surface area contributed by atoms with E-state index in [9.17, 15) is 4.39 Å². The highest BCUT2D eigenvalue weighted by molar-refractivity contribution is 6.55. The molecule has 0 aliphatic carbocycles. The molecule has 1 aliphatic heterocycles. The van der Waals surface area contributed by atoms with Crippen LogP contribution in [0.25, 0.3) is 5.57 Å². The van der Waals surface area contributed by atoms with E-state index in [4.69, 9.17) is 18.8 Å². The summed E-state index contributed by atoms with van der Waals surface area (Å²) < 4.78 is 51.1. The van der Waals surface area contributed by atoms with E-state index in [1.54, 1.807) is 6.07 Å². The lowest BCUT2D eigenvalue weighted by Gasteiger charge is -2.32. The minimum absolute atomic E-state index is 0.0136. The van der Waals surface area contributed by atoms with Gasteiger partial charge in [-0.05, 0) is 45.8 Å². The Bertz CT molecular complexity index is 642. The highest BCUT2D eigenvalue weighted by Crippen LogP contribution is 2.42. The van der Waals surface area contributed by atoms with Crippen molar-refractivity contribution < 1.29 is 27.6 Å². The number of hydrogen-bond acceptors (Lipinski definition) is 4. The SMILES string of the molecule is COCCC(=C(F)B1OC(C)(C)C(C)(C)O1)c1cccc(F)c1OC. The summed E-state index contributed by atoms with van der Waals surface area (Å²) in [6.07, 6.45) is 0.228. The van der Waals surface area contributed by atoms with E-state index >= 15 is 4.39 Å². The van der Waals surface area contributed by atoms with Crippen molar-refractivity contribution in [2.45, 2.75) is 45.3 Å². The summed E-state index contributed by atoms with van der Waals surface area (Å²) in [4.78, 5) is 0. The molecule has 138 valence electrons. The van der Waals surface area contributed by atoms with Crippen LogP contribution >= 0.6 is 0 Å². The summed E-state index contributed by atoms with van der Waals surface area (Å²) in [7, 11) is 1.71. The number of methoxy groups -OCH3 is 2. The number of benzene rings is 1. The molecule has 0 saturated carbocycles. The Morgan fingerprint density at radius 3 is 2.24 bits per heavy atom. The molecule has 0 amide bonds. The van der Waals surface area contributed by atoms with Gasteiger partial charge >= 0.3 is 7.12 Å². The fourth-order valence-electron chi connectivity index (χ4n) is 2.63. The molecule has 0 atom stereocenters. The molecule has 2 rings (SSSR count). The van der Waals surface area contributed by atoms with Crippen LogP contribution < -0.4 is 4.74 Å². The van der Waals surface area contributed by atoms with Crippen LogP contribution in [0.2, 0.25) is 0 Å². The van der Waals surface area contributed by atoms with Crippen molar-refractivity contribution in [1.29, 1.82) is 0 Å². The summed E-state index contributed by atoms with van der Waals surface area (Å²) in [5.74, 6) is -0.572. The first-order valence-electron chi connectivity index (χ1n) is 8.20. The zero-order valence-electron chi connectivity index (χ0n) is 15.6. The first kappa shape index (κ1) is 19.9. The molecule has 25 heavy (non-hydrogen) atoms. The van der Waals surface area contributed by atoms with E-state index < -0.39 is 29.9 Å². The Morgan fingerprint density at radius 1 is 1.12 bits per heavy atom. The van der Waals surface area contributed by atoms with Crippen LogP contribution in [-0.4, -0.2) is 39.1 Å². The first-order valence-corrected chi connectivity index (χ1v) is 8.20. The summed E-state index contributed by atoms with van der Waals surface area (Å²) in [6, 6.07) is 4.39. The van der Waals surface area contributed by atoms with Crippen LogP contribution in [0.1, 0.15) is 39.7 Å². The van der Waals surface area contributed by atoms with Gasteiger partial charge in [-0.2, -0.15) is 0 Å². The predicted molar refractivity (Wildman–Crippen MR) is 93.6 cm³/mol. The molecule has 1 aromatic rings. The largest absolute Gasteiger partial charge is 0.525 e. The van der Waals surface area contributed by atoms with Crippen LogP contribution in [0.3, 0.4) is 0 Å². The highest BCUT2D eigenvalue weighted by Gasteiger charge is 2.53. The van der Waals surface area contributed by atoms with Gasteiger partial charge < -0.3 is 18.8 Å². The Hall–Kier alpha value is -1.44. The van der Waals surface area contributed by atoms with Crippen molar-refractivity contribution in [3.05, 3.63) is 35.3 Å². The van der Waals surface area contributed by atoms with Crippen molar-refractivity contribution in [2.75, 3.05) is 20.8 Å². The predicted octanol–water partition coefficient (Wildman–Crippen LogP) is 4.18. The zero-order valence-corrected chi connectivity index (χ0v) is 15.6. The van der Waals surface area contributed by atoms with Gasteiger partial charge in [0, 0.05) is 12.7 Å². The highest BCUT2D eigenvalue weighted by atomic mass is 19.1. The van der Waals surface area contributed by atoms with Gasteiger partial charge in [0.15, 0.2) is 11.6 Å². The Labute approximate surface area is 148 Å². The van der Waals surface area contributed by atoms with E-state index in [2.05, 4.69) is 0 Å². The zero-order chi connectivity index (χ0) is 18.8. The first-order chi connectivity index (χ1) is 11.6. The molecule has 7 heteroatoms. The summed E-state index contributed by atoms with van der Waals surface area (Å²) in [5.41, 5.74) is -1.37.